The van der Waals surface area contributed by atoms with Crippen molar-refractivity contribution in [2.45, 2.75) is 233 Å². The van der Waals surface area contributed by atoms with Gasteiger partial charge in [-0.2, -0.15) is 5.10 Å². The molecule has 12 heteroatoms. The molecule has 3 N–H and O–H groups in total. The average molecular weight is 1210 g/mol. The van der Waals surface area contributed by atoms with E-state index in [1.807, 2.05) is 20.0 Å². The average Bonchev–Trinajstić information content (AvgIpc) is 1.05. The summed E-state index contributed by atoms with van der Waals surface area (Å²) in [6.45, 7) is 38.6. The van der Waals surface area contributed by atoms with Crippen LogP contribution in [0, 0.1) is 16.7 Å². The highest BCUT2D eigenvalue weighted by molar-refractivity contribution is 5.94. The van der Waals surface area contributed by atoms with E-state index in [9.17, 15) is 14.4 Å². The molecule has 88 heavy (non-hydrogen) atoms. The first kappa shape index (κ1) is 68.8. The minimum Gasteiger partial charge on any atom is -0.372 e. The Morgan fingerprint density at radius 2 is 1.02 bits per heavy atom. The van der Waals surface area contributed by atoms with E-state index < -0.39 is 0 Å². The van der Waals surface area contributed by atoms with Crippen molar-refractivity contribution in [1.82, 2.24) is 40.4 Å². The summed E-state index contributed by atoms with van der Waals surface area (Å²) >= 11 is 0. The molecule has 1 unspecified atom stereocenters. The Labute approximate surface area is 537 Å². The van der Waals surface area contributed by atoms with Crippen LogP contribution in [0.25, 0.3) is 0 Å². The number of aryl methyl sites for hydroxylation is 1. The first-order chi connectivity index (χ1) is 42.0. The summed E-state index contributed by atoms with van der Waals surface area (Å²) in [6, 6.07) is 26.9. The van der Waals surface area contributed by atoms with Crippen molar-refractivity contribution in [3.8, 4) is 0 Å². The second-order valence-corrected chi connectivity index (χ2v) is 30.2. The zero-order chi connectivity index (χ0) is 63.1. The lowest BCUT2D eigenvalue weighted by Gasteiger charge is -2.47. The maximum atomic E-state index is 12.8. The molecule has 0 bridgehead atoms. The number of aromatic nitrogens is 2. The van der Waals surface area contributed by atoms with Crippen LogP contribution in [0.4, 0.5) is 0 Å². The Kier molecular flexibility index (Phi) is 24.4. The van der Waals surface area contributed by atoms with Crippen LogP contribution in [-0.4, -0.2) is 114 Å². The second kappa shape index (κ2) is 31.3. The number of hydrogen-bond donors (Lipinski definition) is 3. The number of allylic oxidation sites excluding steroid dienone is 2. The van der Waals surface area contributed by atoms with Crippen LogP contribution in [0.15, 0.2) is 96.8 Å². The summed E-state index contributed by atoms with van der Waals surface area (Å²) in [5, 5.41) is 13.9. The SMILES string of the molecule is CC(=O)N[C@H]1CCC2(CCN(CCC(C)CCC=C(C)C)CC2)c2ccccc21.CCOCC(=O)N[C@H]1CCC2(CCN(CCC(C)(C)C)CC2)c2ccccc21.CCn1cc(C(=O)N[C@@H]2CCC3(CCN(CCC(C)(C)C)CC3)c3ccccc32)cn1.[HH].[HH].[HH]. The molecule has 3 aromatic carbocycles. The van der Waals surface area contributed by atoms with E-state index >= 15 is 0 Å². The molecule has 3 spiro atoms. The molecule has 3 saturated heterocycles. The maximum Gasteiger partial charge on any atom is 0.254 e. The fourth-order valence-electron chi connectivity index (χ4n) is 15.4. The molecule has 3 aliphatic carbocycles. The number of fused-ring (bicyclic) bond motifs is 6. The second-order valence-electron chi connectivity index (χ2n) is 30.2. The van der Waals surface area contributed by atoms with E-state index in [1.54, 1.807) is 17.8 Å². The first-order valence-corrected chi connectivity index (χ1v) is 34.6. The molecular formula is C76H122N8O4. The highest BCUT2D eigenvalue weighted by Gasteiger charge is 2.45. The van der Waals surface area contributed by atoms with E-state index in [1.165, 1.54) is 175 Å². The van der Waals surface area contributed by atoms with Crippen molar-refractivity contribution in [2.24, 2.45) is 16.7 Å². The van der Waals surface area contributed by atoms with Gasteiger partial charge < -0.3 is 35.4 Å². The number of carbonyl (C=O) groups is 3. The standard InChI is InChI=1S/C26H38N4O.C26H40N2O.C24H38N2O2.3H2/c1-5-30-19-20(18-27-30)24(31)28-23-10-11-26(22-9-7-6-8-21(22)23)13-16-29(17-14-26)15-12-25(2,3)4;1-20(2)8-7-9-21(3)13-17-28-18-15-26(16-19-28)14-12-25(27-22(4)29)23-10-5-6-11-24(23)26;1-5-28-18-22(27)25-21-10-11-24(20-9-7-6-8-19(20)21)13-16-26(17-14-24)15-12-23(2,3)4;;;/h6-9,18-19,23H,5,10-17H2,1-4H3,(H,28,31);5-6,8,10-11,21,25H,7,9,12-19H2,1-4H3,(H,27,29);6-9,21H,5,10-18H2,1-4H3,(H,25,27);3*1H/t23-;21?,25-;21-;;;/m100.../s1. The van der Waals surface area contributed by atoms with Gasteiger partial charge in [0.2, 0.25) is 11.8 Å². The number of carbonyl (C=O) groups excluding carboxylic acids is 3. The molecule has 4 atom stereocenters. The van der Waals surface area contributed by atoms with Gasteiger partial charge in [-0.1, -0.05) is 133 Å². The summed E-state index contributed by atoms with van der Waals surface area (Å²) in [5.41, 5.74) is 12.2. The summed E-state index contributed by atoms with van der Waals surface area (Å²) in [7, 11) is 0. The van der Waals surface area contributed by atoms with Gasteiger partial charge in [-0.15, -0.1) is 0 Å². The Bertz CT molecular complexity index is 2900. The predicted octanol–water partition coefficient (Wildman–Crippen LogP) is 15.9. The molecule has 490 valence electrons. The topological polar surface area (TPSA) is 124 Å². The highest BCUT2D eigenvalue weighted by Crippen LogP contribution is 2.51. The summed E-state index contributed by atoms with van der Waals surface area (Å²) in [6.07, 6.45) is 26.2. The monoisotopic (exact) mass is 1210 g/mol. The number of likely N-dealkylation sites (tertiary alicyclic amines) is 3. The Hall–Kier alpha value is -5.14. The van der Waals surface area contributed by atoms with Gasteiger partial charge in [-0.25, -0.2) is 0 Å². The number of amides is 3. The van der Waals surface area contributed by atoms with Crippen LogP contribution in [0.1, 0.15) is 258 Å². The minimum absolute atomic E-state index is 0. The fraction of sp³-hybridized carbons (Fsp3) is 0.658. The van der Waals surface area contributed by atoms with Crippen molar-refractivity contribution in [3.05, 3.63) is 136 Å². The van der Waals surface area contributed by atoms with Gasteiger partial charge in [0.25, 0.3) is 5.91 Å². The van der Waals surface area contributed by atoms with E-state index in [2.05, 4.69) is 177 Å². The van der Waals surface area contributed by atoms with Crippen molar-refractivity contribution >= 4 is 17.7 Å². The Morgan fingerprint density at radius 1 is 0.602 bits per heavy atom. The van der Waals surface area contributed by atoms with E-state index in [0.29, 0.717) is 28.4 Å². The molecule has 1 aromatic heterocycles. The highest BCUT2D eigenvalue weighted by atomic mass is 16.5. The molecule has 3 fully saturated rings. The van der Waals surface area contributed by atoms with Gasteiger partial charge in [0.05, 0.1) is 29.9 Å². The number of piperidine rings is 3. The van der Waals surface area contributed by atoms with Gasteiger partial charge >= 0.3 is 0 Å². The van der Waals surface area contributed by atoms with Crippen LogP contribution in [0.5, 0.6) is 0 Å². The van der Waals surface area contributed by atoms with Crippen LogP contribution < -0.4 is 16.0 Å². The predicted molar refractivity (Wildman–Crippen MR) is 368 cm³/mol. The molecule has 4 heterocycles. The first-order valence-electron chi connectivity index (χ1n) is 34.6. The Morgan fingerprint density at radius 3 is 1.42 bits per heavy atom. The molecule has 3 aliphatic heterocycles. The molecule has 4 aromatic rings. The third-order valence-corrected chi connectivity index (χ3v) is 21.1. The molecular weight excluding hydrogens is 1090 g/mol. The molecule has 3 amide bonds. The summed E-state index contributed by atoms with van der Waals surface area (Å²) in [4.78, 5) is 44.7. The maximum absolute atomic E-state index is 12.8. The molecule has 12 nitrogen and oxygen atoms in total. The van der Waals surface area contributed by atoms with E-state index in [-0.39, 0.29) is 57.6 Å². The molecule has 0 radical (unpaired) electrons. The fourth-order valence-corrected chi connectivity index (χ4v) is 15.4. The summed E-state index contributed by atoms with van der Waals surface area (Å²) in [5.74, 6) is 0.853. The number of rotatable bonds is 18. The van der Waals surface area contributed by atoms with Gasteiger partial charge in [0.15, 0.2) is 0 Å². The van der Waals surface area contributed by atoms with Crippen molar-refractivity contribution in [1.29, 1.82) is 0 Å². The van der Waals surface area contributed by atoms with Crippen LogP contribution >= 0.6 is 0 Å². The van der Waals surface area contributed by atoms with Crippen LogP contribution in [0.2, 0.25) is 0 Å². The zero-order valence-corrected chi connectivity index (χ0v) is 56.8. The number of nitrogens with one attached hydrogen (secondary N) is 3. The minimum atomic E-state index is -0.0209. The number of benzene rings is 3. The molecule has 6 aliphatic rings. The normalized spacial score (nSPS) is 21.7. The van der Waals surface area contributed by atoms with Crippen molar-refractivity contribution < 1.29 is 23.4 Å². The number of ether oxygens (including phenoxy) is 1. The molecule has 10 rings (SSSR count). The lowest BCUT2D eigenvalue weighted by atomic mass is 9.63. The van der Waals surface area contributed by atoms with E-state index in [4.69, 9.17) is 4.74 Å². The summed E-state index contributed by atoms with van der Waals surface area (Å²) < 4.78 is 7.07. The van der Waals surface area contributed by atoms with Gasteiger partial charge in [0, 0.05) is 30.6 Å². The van der Waals surface area contributed by atoms with Crippen molar-refractivity contribution in [2.75, 3.05) is 72.1 Å². The smallest absolute Gasteiger partial charge is 0.254 e. The third-order valence-electron chi connectivity index (χ3n) is 21.1. The quantitative estimate of drug-likeness (QED) is 0.0842. The van der Waals surface area contributed by atoms with Crippen LogP contribution in [0.3, 0.4) is 0 Å². The van der Waals surface area contributed by atoms with Gasteiger partial charge in [0.1, 0.15) is 6.61 Å². The Balaban J connectivity index is 0.000000244. The lowest BCUT2D eigenvalue weighted by molar-refractivity contribution is -0.126. The van der Waals surface area contributed by atoms with Gasteiger partial charge in [-0.3, -0.25) is 19.1 Å². The van der Waals surface area contributed by atoms with Gasteiger partial charge in [-0.05, 0) is 262 Å². The van der Waals surface area contributed by atoms with Crippen LogP contribution in [-0.2, 0) is 37.1 Å². The number of nitrogens with zero attached hydrogens (tertiary/aromatic N) is 5. The third kappa shape index (κ3) is 18.7. The molecule has 0 saturated carbocycles. The zero-order valence-electron chi connectivity index (χ0n) is 56.8. The number of hydrogen-bond acceptors (Lipinski definition) is 8. The van der Waals surface area contributed by atoms with Crippen molar-refractivity contribution in [3.63, 3.8) is 0 Å². The lowest BCUT2D eigenvalue weighted by Crippen LogP contribution is -2.47. The van der Waals surface area contributed by atoms with E-state index in [0.717, 1.165) is 44.6 Å². The largest absolute Gasteiger partial charge is 0.372 e.